The number of nitrogens with one attached hydrogen (secondary N) is 2. The Morgan fingerprint density at radius 3 is 2.83 bits per heavy atom. The molecule has 2 aromatic rings. The molecular weight excluding hydrogens is 330 g/mol. The van der Waals surface area contributed by atoms with Crippen molar-refractivity contribution in [2.24, 2.45) is 7.05 Å². The third-order valence-electron chi connectivity index (χ3n) is 3.77. The Labute approximate surface area is 144 Å². The normalized spacial score (nSPS) is 15.2. The van der Waals surface area contributed by atoms with Crippen LogP contribution in [0.2, 0.25) is 5.02 Å². The standard InChI is InChI=1S/C16H18ClN5O2/c1-21-14(8-13(20-21)11-2-4-12(17)5-3-11)19-16(24)10-22-7-6-18-15(23)9-22/h2-5,8H,6-7,9-10H2,1H3,(H,18,23)(H,19,24). The van der Waals surface area contributed by atoms with E-state index < -0.39 is 0 Å². The van der Waals surface area contributed by atoms with Crippen LogP contribution in [0.5, 0.6) is 0 Å². The zero-order valence-corrected chi connectivity index (χ0v) is 14.0. The highest BCUT2D eigenvalue weighted by atomic mass is 35.5. The summed E-state index contributed by atoms with van der Waals surface area (Å²) in [5.41, 5.74) is 1.67. The van der Waals surface area contributed by atoms with Gasteiger partial charge < -0.3 is 10.6 Å². The maximum Gasteiger partial charge on any atom is 0.239 e. The lowest BCUT2D eigenvalue weighted by Gasteiger charge is -2.25. The monoisotopic (exact) mass is 347 g/mol. The topological polar surface area (TPSA) is 79.3 Å². The van der Waals surface area contributed by atoms with Crippen molar-refractivity contribution in [2.45, 2.75) is 0 Å². The molecule has 3 rings (SSSR count). The number of halogens is 1. The number of hydrogen-bond acceptors (Lipinski definition) is 4. The summed E-state index contributed by atoms with van der Waals surface area (Å²) in [6, 6.07) is 9.16. The molecule has 0 radical (unpaired) electrons. The van der Waals surface area contributed by atoms with E-state index in [-0.39, 0.29) is 24.9 Å². The highest BCUT2D eigenvalue weighted by Gasteiger charge is 2.19. The number of amides is 2. The van der Waals surface area contributed by atoms with E-state index in [1.54, 1.807) is 23.9 Å². The second-order valence-corrected chi connectivity index (χ2v) is 6.09. The molecule has 0 bridgehead atoms. The number of nitrogens with zero attached hydrogens (tertiary/aromatic N) is 3. The Balaban J connectivity index is 1.65. The van der Waals surface area contributed by atoms with Crippen LogP contribution in [0, 0.1) is 0 Å². The summed E-state index contributed by atoms with van der Waals surface area (Å²) < 4.78 is 1.62. The van der Waals surface area contributed by atoms with Crippen LogP contribution >= 0.6 is 11.6 Å². The van der Waals surface area contributed by atoms with Crippen LogP contribution in [-0.2, 0) is 16.6 Å². The van der Waals surface area contributed by atoms with Crippen molar-refractivity contribution in [2.75, 3.05) is 31.5 Å². The average Bonchev–Trinajstić information content (AvgIpc) is 2.89. The van der Waals surface area contributed by atoms with E-state index in [4.69, 9.17) is 11.6 Å². The van der Waals surface area contributed by atoms with Gasteiger partial charge in [-0.25, -0.2) is 0 Å². The molecule has 2 heterocycles. The summed E-state index contributed by atoms with van der Waals surface area (Å²) in [7, 11) is 1.77. The second-order valence-electron chi connectivity index (χ2n) is 5.65. The predicted octanol–water partition coefficient (Wildman–Crippen LogP) is 1.11. The van der Waals surface area contributed by atoms with Crippen molar-refractivity contribution in [3.63, 3.8) is 0 Å². The Morgan fingerprint density at radius 2 is 2.12 bits per heavy atom. The summed E-state index contributed by atoms with van der Waals surface area (Å²) in [6.07, 6.45) is 0. The fourth-order valence-electron chi connectivity index (χ4n) is 2.56. The number of hydrogen-bond donors (Lipinski definition) is 2. The molecule has 0 saturated carbocycles. The highest BCUT2D eigenvalue weighted by Crippen LogP contribution is 2.23. The largest absolute Gasteiger partial charge is 0.354 e. The SMILES string of the molecule is Cn1nc(-c2ccc(Cl)cc2)cc1NC(=O)CN1CCNC(=O)C1. The molecule has 7 nitrogen and oxygen atoms in total. The molecule has 0 atom stereocenters. The molecule has 0 spiro atoms. The maximum atomic E-state index is 12.2. The summed E-state index contributed by atoms with van der Waals surface area (Å²) in [6.45, 7) is 1.66. The van der Waals surface area contributed by atoms with E-state index in [1.165, 1.54) is 0 Å². The van der Waals surface area contributed by atoms with Crippen molar-refractivity contribution in [1.29, 1.82) is 0 Å². The summed E-state index contributed by atoms with van der Waals surface area (Å²) in [5.74, 6) is 0.376. The van der Waals surface area contributed by atoms with E-state index in [0.717, 1.165) is 11.3 Å². The lowest BCUT2D eigenvalue weighted by atomic mass is 10.1. The van der Waals surface area contributed by atoms with E-state index in [0.29, 0.717) is 23.9 Å². The molecule has 1 fully saturated rings. The zero-order chi connectivity index (χ0) is 17.1. The molecule has 8 heteroatoms. The van der Waals surface area contributed by atoms with Crippen LogP contribution in [-0.4, -0.2) is 52.7 Å². The number of aromatic nitrogens is 2. The van der Waals surface area contributed by atoms with Crippen molar-refractivity contribution < 1.29 is 9.59 Å². The van der Waals surface area contributed by atoms with Gasteiger partial charge >= 0.3 is 0 Å². The minimum atomic E-state index is -0.171. The van der Waals surface area contributed by atoms with Gasteiger partial charge in [-0.3, -0.25) is 19.2 Å². The number of aryl methyl sites for hydroxylation is 1. The average molecular weight is 348 g/mol. The fourth-order valence-corrected chi connectivity index (χ4v) is 2.68. The second kappa shape index (κ2) is 7.02. The Kier molecular flexibility index (Phi) is 4.82. The number of rotatable bonds is 4. The summed E-state index contributed by atoms with van der Waals surface area (Å²) in [4.78, 5) is 25.3. The first-order valence-electron chi connectivity index (χ1n) is 7.60. The van der Waals surface area contributed by atoms with Crippen molar-refractivity contribution >= 4 is 29.2 Å². The quantitative estimate of drug-likeness (QED) is 0.868. The first kappa shape index (κ1) is 16.5. The van der Waals surface area contributed by atoms with E-state index in [2.05, 4.69) is 15.7 Å². The van der Waals surface area contributed by atoms with Gasteiger partial charge in [-0.2, -0.15) is 5.10 Å². The van der Waals surface area contributed by atoms with Crippen molar-refractivity contribution in [3.05, 3.63) is 35.4 Å². The molecule has 1 aliphatic rings. The number of anilines is 1. The van der Waals surface area contributed by atoms with Crippen LogP contribution in [0.1, 0.15) is 0 Å². The molecule has 1 aromatic carbocycles. The number of benzene rings is 1. The Hall–Kier alpha value is -2.38. The smallest absolute Gasteiger partial charge is 0.239 e. The van der Waals surface area contributed by atoms with E-state index in [9.17, 15) is 9.59 Å². The molecule has 2 N–H and O–H groups in total. The molecule has 24 heavy (non-hydrogen) atoms. The molecule has 1 aliphatic heterocycles. The third kappa shape index (κ3) is 3.93. The maximum absolute atomic E-state index is 12.2. The third-order valence-corrected chi connectivity index (χ3v) is 4.02. The van der Waals surface area contributed by atoms with Gasteiger partial charge in [0.05, 0.1) is 18.8 Å². The van der Waals surface area contributed by atoms with E-state index in [1.807, 2.05) is 23.1 Å². The number of carbonyl (C=O) groups excluding carboxylic acids is 2. The number of carbonyl (C=O) groups is 2. The first-order chi connectivity index (χ1) is 11.5. The van der Waals surface area contributed by atoms with E-state index >= 15 is 0 Å². The van der Waals surface area contributed by atoms with Gasteiger partial charge in [-0.1, -0.05) is 23.7 Å². The van der Waals surface area contributed by atoms with Gasteiger partial charge in [0.15, 0.2) is 0 Å². The molecule has 126 valence electrons. The molecule has 1 aromatic heterocycles. The van der Waals surface area contributed by atoms with Crippen LogP contribution in [0.25, 0.3) is 11.3 Å². The van der Waals surface area contributed by atoms with Crippen LogP contribution in [0.4, 0.5) is 5.82 Å². The molecular formula is C16H18ClN5O2. The van der Waals surface area contributed by atoms with Crippen molar-refractivity contribution in [3.8, 4) is 11.3 Å². The molecule has 2 amide bonds. The Bertz CT molecular complexity index is 756. The summed E-state index contributed by atoms with van der Waals surface area (Å²) >= 11 is 5.89. The van der Waals surface area contributed by atoms with Crippen LogP contribution in [0.3, 0.4) is 0 Å². The van der Waals surface area contributed by atoms with Crippen LogP contribution in [0.15, 0.2) is 30.3 Å². The van der Waals surface area contributed by atoms with Gasteiger partial charge in [-0.05, 0) is 12.1 Å². The molecule has 0 unspecified atom stereocenters. The minimum Gasteiger partial charge on any atom is -0.354 e. The number of piperazine rings is 1. The molecule has 1 saturated heterocycles. The fraction of sp³-hybridized carbons (Fsp3) is 0.312. The van der Waals surface area contributed by atoms with Gasteiger partial charge in [0.1, 0.15) is 5.82 Å². The minimum absolute atomic E-state index is 0.0559. The van der Waals surface area contributed by atoms with Gasteiger partial charge in [-0.15, -0.1) is 0 Å². The van der Waals surface area contributed by atoms with Gasteiger partial charge in [0.2, 0.25) is 11.8 Å². The lowest BCUT2D eigenvalue weighted by molar-refractivity contribution is -0.125. The van der Waals surface area contributed by atoms with Crippen molar-refractivity contribution in [1.82, 2.24) is 20.0 Å². The lowest BCUT2D eigenvalue weighted by Crippen LogP contribution is -2.49. The predicted molar refractivity (Wildman–Crippen MR) is 91.7 cm³/mol. The van der Waals surface area contributed by atoms with Crippen LogP contribution < -0.4 is 10.6 Å². The molecule has 0 aliphatic carbocycles. The summed E-state index contributed by atoms with van der Waals surface area (Å²) in [5, 5.41) is 10.6. The highest BCUT2D eigenvalue weighted by molar-refractivity contribution is 6.30. The van der Waals surface area contributed by atoms with Gasteiger partial charge in [0, 0.05) is 36.8 Å². The zero-order valence-electron chi connectivity index (χ0n) is 13.3. The first-order valence-corrected chi connectivity index (χ1v) is 7.98. The van der Waals surface area contributed by atoms with Gasteiger partial charge in [0.25, 0.3) is 0 Å². The Morgan fingerprint density at radius 1 is 1.38 bits per heavy atom.